The molecular weight excluding hydrogens is 221 g/mol. The lowest BCUT2D eigenvalue weighted by molar-refractivity contribution is -0.116. The van der Waals surface area contributed by atoms with Crippen molar-refractivity contribution in [2.75, 3.05) is 5.32 Å². The van der Waals surface area contributed by atoms with Crippen molar-refractivity contribution in [3.63, 3.8) is 0 Å². The predicted molar refractivity (Wildman–Crippen MR) is 64.2 cm³/mol. The van der Waals surface area contributed by atoms with Crippen molar-refractivity contribution in [3.05, 3.63) is 30.1 Å². The average Bonchev–Trinajstić information content (AvgIpc) is 2.32. The molecule has 0 aliphatic rings. The number of hydrogen-bond donors (Lipinski definition) is 1. The first kappa shape index (κ1) is 13.4. The highest BCUT2D eigenvalue weighted by Gasteiger charge is 2.02. The molecule has 1 N–H and O–H groups in total. The summed E-state index contributed by atoms with van der Waals surface area (Å²) in [6.45, 7) is 0. The molecule has 0 unspecified atom stereocenters. The Bertz CT molecular complexity index is 362. The lowest BCUT2D eigenvalue weighted by Gasteiger charge is -2.04. The maximum atomic E-state index is 12.6. The molecule has 1 aromatic carbocycles. The van der Waals surface area contributed by atoms with Crippen molar-refractivity contribution >= 4 is 17.9 Å². The van der Waals surface area contributed by atoms with Gasteiger partial charge in [-0.25, -0.2) is 4.39 Å². The summed E-state index contributed by atoms with van der Waals surface area (Å²) in [6, 6.07) is 5.67. The minimum Gasteiger partial charge on any atom is -0.326 e. The van der Waals surface area contributed by atoms with E-state index in [1.54, 1.807) is 0 Å². The summed E-state index contributed by atoms with van der Waals surface area (Å²) >= 11 is 0. The molecule has 0 heterocycles. The van der Waals surface area contributed by atoms with E-state index in [1.807, 2.05) is 0 Å². The number of rotatable bonds is 7. The predicted octanol–water partition coefficient (Wildman–Crippen LogP) is 2.91. The Morgan fingerprint density at radius 1 is 1.18 bits per heavy atom. The molecule has 4 heteroatoms. The SMILES string of the molecule is O=CCCCCCC(=O)Nc1ccc(F)cc1. The van der Waals surface area contributed by atoms with Gasteiger partial charge in [-0.05, 0) is 37.1 Å². The summed E-state index contributed by atoms with van der Waals surface area (Å²) in [5, 5.41) is 2.68. The van der Waals surface area contributed by atoms with E-state index in [-0.39, 0.29) is 11.7 Å². The van der Waals surface area contributed by atoms with Gasteiger partial charge >= 0.3 is 0 Å². The van der Waals surface area contributed by atoms with E-state index in [9.17, 15) is 14.0 Å². The Labute approximate surface area is 100 Å². The molecule has 3 nitrogen and oxygen atoms in total. The second kappa shape index (κ2) is 7.54. The summed E-state index contributed by atoms with van der Waals surface area (Å²) in [4.78, 5) is 21.5. The first-order valence-corrected chi connectivity index (χ1v) is 5.71. The summed E-state index contributed by atoms with van der Waals surface area (Å²) in [6.07, 6.45) is 4.33. The number of carbonyl (C=O) groups excluding carboxylic acids is 2. The van der Waals surface area contributed by atoms with E-state index < -0.39 is 0 Å². The molecule has 1 amide bonds. The van der Waals surface area contributed by atoms with E-state index in [1.165, 1.54) is 24.3 Å². The average molecular weight is 237 g/mol. The maximum absolute atomic E-state index is 12.6. The van der Waals surface area contributed by atoms with Gasteiger partial charge < -0.3 is 10.1 Å². The minimum absolute atomic E-state index is 0.0808. The first-order chi connectivity index (χ1) is 8.22. The zero-order chi connectivity index (χ0) is 12.5. The van der Waals surface area contributed by atoms with Crippen molar-refractivity contribution < 1.29 is 14.0 Å². The van der Waals surface area contributed by atoms with Crippen LogP contribution in [0.5, 0.6) is 0 Å². The van der Waals surface area contributed by atoms with E-state index in [0.29, 0.717) is 18.5 Å². The third kappa shape index (κ3) is 5.80. The summed E-state index contributed by atoms with van der Waals surface area (Å²) in [7, 11) is 0. The number of benzene rings is 1. The lowest BCUT2D eigenvalue weighted by Crippen LogP contribution is -2.10. The second-order valence-corrected chi connectivity index (χ2v) is 3.82. The highest BCUT2D eigenvalue weighted by Crippen LogP contribution is 2.09. The molecule has 0 spiro atoms. The number of anilines is 1. The third-order valence-electron chi connectivity index (χ3n) is 2.35. The fourth-order valence-electron chi connectivity index (χ4n) is 1.45. The molecule has 0 bridgehead atoms. The normalized spacial score (nSPS) is 9.94. The van der Waals surface area contributed by atoms with Gasteiger partial charge in [0.15, 0.2) is 0 Å². The van der Waals surface area contributed by atoms with Gasteiger partial charge in [0.25, 0.3) is 0 Å². The van der Waals surface area contributed by atoms with E-state index in [2.05, 4.69) is 5.32 Å². The molecule has 1 rings (SSSR count). The third-order valence-corrected chi connectivity index (χ3v) is 2.35. The van der Waals surface area contributed by atoms with Crippen LogP contribution in [0.2, 0.25) is 0 Å². The van der Waals surface area contributed by atoms with Crippen molar-refractivity contribution in [2.24, 2.45) is 0 Å². The van der Waals surface area contributed by atoms with Crippen LogP contribution in [0.3, 0.4) is 0 Å². The summed E-state index contributed by atoms with van der Waals surface area (Å²) < 4.78 is 12.6. The Morgan fingerprint density at radius 3 is 2.53 bits per heavy atom. The Hall–Kier alpha value is -1.71. The van der Waals surface area contributed by atoms with Crippen LogP contribution >= 0.6 is 0 Å². The molecule has 1 aromatic rings. The quantitative estimate of drug-likeness (QED) is 0.585. The highest BCUT2D eigenvalue weighted by molar-refractivity contribution is 5.90. The Kier molecular flexibility index (Phi) is 5.93. The molecule has 0 saturated heterocycles. The van der Waals surface area contributed by atoms with Gasteiger partial charge in [0.2, 0.25) is 5.91 Å². The fraction of sp³-hybridized carbons (Fsp3) is 0.385. The van der Waals surface area contributed by atoms with Gasteiger partial charge in [0.1, 0.15) is 12.1 Å². The number of unbranched alkanes of at least 4 members (excludes halogenated alkanes) is 3. The largest absolute Gasteiger partial charge is 0.326 e. The summed E-state index contributed by atoms with van der Waals surface area (Å²) in [5.74, 6) is -0.403. The highest BCUT2D eigenvalue weighted by atomic mass is 19.1. The van der Waals surface area contributed by atoms with Gasteiger partial charge in [-0.3, -0.25) is 4.79 Å². The van der Waals surface area contributed by atoms with Crippen LogP contribution in [0.25, 0.3) is 0 Å². The van der Waals surface area contributed by atoms with E-state index in [0.717, 1.165) is 25.5 Å². The summed E-state index contributed by atoms with van der Waals surface area (Å²) in [5.41, 5.74) is 0.601. The van der Waals surface area contributed by atoms with Crippen LogP contribution < -0.4 is 5.32 Å². The zero-order valence-corrected chi connectivity index (χ0v) is 9.62. The van der Waals surface area contributed by atoms with Crippen molar-refractivity contribution in [1.82, 2.24) is 0 Å². The molecule has 0 radical (unpaired) electrons. The monoisotopic (exact) mass is 237 g/mol. The number of halogens is 1. The molecule has 0 saturated carbocycles. The number of carbonyl (C=O) groups is 2. The first-order valence-electron chi connectivity index (χ1n) is 5.71. The fourth-order valence-corrected chi connectivity index (χ4v) is 1.45. The minimum atomic E-state index is -0.322. The van der Waals surface area contributed by atoms with Crippen LogP contribution in [0.15, 0.2) is 24.3 Å². The maximum Gasteiger partial charge on any atom is 0.224 e. The van der Waals surface area contributed by atoms with Crippen molar-refractivity contribution in [2.45, 2.75) is 32.1 Å². The van der Waals surface area contributed by atoms with Gasteiger partial charge in [0.05, 0.1) is 0 Å². The molecule has 0 fully saturated rings. The molecule has 92 valence electrons. The molecule has 0 aliphatic heterocycles. The Balaban J connectivity index is 2.20. The van der Waals surface area contributed by atoms with Crippen LogP contribution in [0, 0.1) is 5.82 Å². The van der Waals surface area contributed by atoms with E-state index in [4.69, 9.17) is 0 Å². The van der Waals surface area contributed by atoms with Gasteiger partial charge in [-0.15, -0.1) is 0 Å². The van der Waals surface area contributed by atoms with Gasteiger partial charge in [-0.1, -0.05) is 6.42 Å². The molecular formula is C13H16FNO2. The molecule has 0 aromatic heterocycles. The zero-order valence-electron chi connectivity index (χ0n) is 9.62. The number of nitrogens with one attached hydrogen (secondary N) is 1. The van der Waals surface area contributed by atoms with Crippen molar-refractivity contribution in [3.8, 4) is 0 Å². The Morgan fingerprint density at radius 2 is 1.88 bits per heavy atom. The standard InChI is InChI=1S/C13H16FNO2/c14-11-6-8-12(9-7-11)15-13(17)5-3-1-2-4-10-16/h6-10H,1-5H2,(H,15,17). The lowest BCUT2D eigenvalue weighted by atomic mass is 10.1. The van der Waals surface area contributed by atoms with Crippen LogP contribution in [-0.2, 0) is 9.59 Å². The number of aldehydes is 1. The molecule has 17 heavy (non-hydrogen) atoms. The van der Waals surface area contributed by atoms with Crippen LogP contribution in [0.1, 0.15) is 32.1 Å². The topological polar surface area (TPSA) is 46.2 Å². The van der Waals surface area contributed by atoms with Crippen molar-refractivity contribution in [1.29, 1.82) is 0 Å². The van der Waals surface area contributed by atoms with Gasteiger partial charge in [0, 0.05) is 18.5 Å². The van der Waals surface area contributed by atoms with Crippen LogP contribution in [0.4, 0.5) is 10.1 Å². The molecule has 0 atom stereocenters. The van der Waals surface area contributed by atoms with Crippen LogP contribution in [-0.4, -0.2) is 12.2 Å². The van der Waals surface area contributed by atoms with E-state index >= 15 is 0 Å². The number of amides is 1. The second-order valence-electron chi connectivity index (χ2n) is 3.82. The molecule has 0 aliphatic carbocycles. The van der Waals surface area contributed by atoms with Gasteiger partial charge in [-0.2, -0.15) is 0 Å². The number of hydrogen-bond acceptors (Lipinski definition) is 2. The smallest absolute Gasteiger partial charge is 0.224 e.